The molecule has 0 saturated carbocycles. The maximum absolute atomic E-state index is 12.8. The molecule has 1 N–H and O–H groups in total. The third kappa shape index (κ3) is 2.63. The predicted octanol–water partition coefficient (Wildman–Crippen LogP) is 2.60. The Morgan fingerprint density at radius 3 is 2.50 bits per heavy atom. The Hall–Kier alpha value is -2.47. The molecular formula is C18H21NO5. The molecule has 1 amide bonds. The number of rotatable bonds is 3. The van der Waals surface area contributed by atoms with Crippen LogP contribution >= 0.6 is 0 Å². The van der Waals surface area contributed by atoms with Crippen LogP contribution in [-0.2, 0) is 6.54 Å². The summed E-state index contributed by atoms with van der Waals surface area (Å²) in [5.41, 5.74) is 2.22. The number of aliphatic hydroxyl groups excluding tert-OH is 1. The molecule has 0 radical (unpaired) electrons. The number of carbonyl (C=O) groups excluding carboxylic acids is 1. The van der Waals surface area contributed by atoms with Crippen molar-refractivity contribution in [2.24, 2.45) is 0 Å². The fourth-order valence-electron chi connectivity index (χ4n) is 3.23. The first kappa shape index (κ1) is 16.4. The average Bonchev–Trinajstić information content (AvgIpc) is 2.91. The number of aliphatic hydroxyl groups is 1. The summed E-state index contributed by atoms with van der Waals surface area (Å²) in [4.78, 5) is 14.4. The van der Waals surface area contributed by atoms with Gasteiger partial charge in [0.1, 0.15) is 23.4 Å². The number of β-amino-alcohol motifs (C(OH)–C–C–N with tert-alkyl or cyclic N) is 1. The molecule has 128 valence electrons. The van der Waals surface area contributed by atoms with Gasteiger partial charge >= 0.3 is 0 Å². The molecule has 3 rings (SSSR count). The molecule has 0 spiro atoms. The lowest BCUT2D eigenvalue weighted by molar-refractivity contribution is 0.0509. The summed E-state index contributed by atoms with van der Waals surface area (Å²) in [6.07, 6.45) is -0.848. The van der Waals surface area contributed by atoms with E-state index in [1.54, 1.807) is 38.2 Å². The van der Waals surface area contributed by atoms with Crippen LogP contribution in [0.4, 0.5) is 0 Å². The average molecular weight is 331 g/mol. The number of furan rings is 1. The van der Waals surface area contributed by atoms with E-state index >= 15 is 0 Å². The Balaban J connectivity index is 2.00. The highest BCUT2D eigenvalue weighted by Crippen LogP contribution is 2.39. The number of benzene rings is 1. The molecule has 2 aromatic rings. The van der Waals surface area contributed by atoms with E-state index in [1.807, 2.05) is 13.0 Å². The van der Waals surface area contributed by atoms with Gasteiger partial charge in [-0.2, -0.15) is 0 Å². The molecule has 1 aliphatic rings. The number of fused-ring (bicyclic) bond motifs is 1. The smallest absolute Gasteiger partial charge is 0.290 e. The van der Waals surface area contributed by atoms with Crippen molar-refractivity contribution in [3.8, 4) is 11.5 Å². The molecular weight excluding hydrogens is 310 g/mol. The van der Waals surface area contributed by atoms with E-state index in [2.05, 4.69) is 0 Å². The van der Waals surface area contributed by atoms with Crippen LogP contribution in [0, 0.1) is 13.8 Å². The van der Waals surface area contributed by atoms with Crippen LogP contribution in [-0.4, -0.2) is 36.7 Å². The number of carbonyl (C=O) groups is 1. The van der Waals surface area contributed by atoms with Crippen molar-refractivity contribution in [1.29, 1.82) is 0 Å². The van der Waals surface area contributed by atoms with Crippen molar-refractivity contribution in [1.82, 2.24) is 4.90 Å². The zero-order valence-electron chi connectivity index (χ0n) is 14.3. The van der Waals surface area contributed by atoms with Gasteiger partial charge in [-0.3, -0.25) is 4.79 Å². The normalized spacial score (nSPS) is 16.7. The van der Waals surface area contributed by atoms with E-state index in [0.717, 1.165) is 11.1 Å². The minimum atomic E-state index is -0.848. The topological polar surface area (TPSA) is 72.1 Å². The lowest BCUT2D eigenvalue weighted by Gasteiger charge is -2.33. The molecule has 0 unspecified atom stereocenters. The summed E-state index contributed by atoms with van der Waals surface area (Å²) in [6, 6.07) is 5.37. The van der Waals surface area contributed by atoms with Gasteiger partial charge in [0.05, 0.1) is 27.3 Å². The number of methoxy groups -OCH3 is 2. The first-order chi connectivity index (χ1) is 11.5. The van der Waals surface area contributed by atoms with Crippen molar-refractivity contribution in [3.05, 3.63) is 46.4 Å². The van der Waals surface area contributed by atoms with E-state index in [-0.39, 0.29) is 12.5 Å². The van der Waals surface area contributed by atoms with Crippen LogP contribution in [0.15, 0.2) is 22.6 Å². The van der Waals surface area contributed by atoms with Crippen LogP contribution in [0.1, 0.15) is 39.1 Å². The third-order valence-electron chi connectivity index (χ3n) is 4.31. The summed E-state index contributed by atoms with van der Waals surface area (Å²) in [5.74, 6) is 1.97. The maximum Gasteiger partial charge on any atom is 0.290 e. The highest BCUT2D eigenvalue weighted by Gasteiger charge is 2.33. The quantitative estimate of drug-likeness (QED) is 0.936. The summed E-state index contributed by atoms with van der Waals surface area (Å²) in [6.45, 7) is 4.14. The van der Waals surface area contributed by atoms with E-state index in [9.17, 15) is 9.90 Å². The van der Waals surface area contributed by atoms with Crippen LogP contribution in [0.3, 0.4) is 0 Å². The van der Waals surface area contributed by atoms with Gasteiger partial charge in [0.15, 0.2) is 5.76 Å². The van der Waals surface area contributed by atoms with Gasteiger partial charge in [-0.05, 0) is 32.0 Å². The Morgan fingerprint density at radius 1 is 1.25 bits per heavy atom. The summed E-state index contributed by atoms with van der Waals surface area (Å²) in [5, 5.41) is 10.6. The van der Waals surface area contributed by atoms with E-state index in [4.69, 9.17) is 13.9 Å². The van der Waals surface area contributed by atoms with Crippen molar-refractivity contribution in [3.63, 3.8) is 0 Å². The Labute approximate surface area is 140 Å². The number of hydrogen-bond acceptors (Lipinski definition) is 5. The fraction of sp³-hybridized carbons (Fsp3) is 0.389. The number of ether oxygens (including phenoxy) is 2. The molecule has 2 heterocycles. The Morgan fingerprint density at radius 2 is 1.92 bits per heavy atom. The maximum atomic E-state index is 12.8. The zero-order chi connectivity index (χ0) is 17.4. The molecule has 1 aliphatic heterocycles. The van der Waals surface area contributed by atoms with Crippen LogP contribution < -0.4 is 9.47 Å². The number of hydrogen-bond donors (Lipinski definition) is 1. The summed E-state index contributed by atoms with van der Waals surface area (Å²) < 4.78 is 16.3. The van der Waals surface area contributed by atoms with Crippen LogP contribution in [0.5, 0.6) is 11.5 Å². The van der Waals surface area contributed by atoms with Crippen LogP contribution in [0.2, 0.25) is 0 Å². The highest BCUT2D eigenvalue weighted by molar-refractivity contribution is 5.93. The van der Waals surface area contributed by atoms with Gasteiger partial charge < -0.3 is 23.9 Å². The lowest BCUT2D eigenvalue weighted by Crippen LogP contribution is -2.38. The third-order valence-corrected chi connectivity index (χ3v) is 4.31. The molecule has 1 aromatic carbocycles. The van der Waals surface area contributed by atoms with Gasteiger partial charge in [-0.15, -0.1) is 0 Å². The minimum absolute atomic E-state index is 0.175. The molecule has 1 aromatic heterocycles. The molecule has 1 atom stereocenters. The van der Waals surface area contributed by atoms with Crippen molar-refractivity contribution < 1.29 is 23.8 Å². The second kappa shape index (κ2) is 6.20. The standard InChI is InChI=1S/C18H21NO5/c1-10-7-11(2)24-17(10)18(21)19-8-12-14(22-3)5-6-15(23-4)16(12)13(20)9-19/h5-7,13,20H,8-9H2,1-4H3/t13-/m0/s1. The van der Waals surface area contributed by atoms with E-state index in [0.29, 0.717) is 35.1 Å². The zero-order valence-corrected chi connectivity index (χ0v) is 14.3. The molecule has 6 heteroatoms. The van der Waals surface area contributed by atoms with Gasteiger partial charge in [-0.25, -0.2) is 0 Å². The minimum Gasteiger partial charge on any atom is -0.496 e. The van der Waals surface area contributed by atoms with Gasteiger partial charge in [-0.1, -0.05) is 0 Å². The Kier molecular flexibility index (Phi) is 4.24. The van der Waals surface area contributed by atoms with Gasteiger partial charge in [0.2, 0.25) is 0 Å². The molecule has 0 aliphatic carbocycles. The van der Waals surface area contributed by atoms with Gasteiger partial charge in [0.25, 0.3) is 5.91 Å². The fourth-order valence-corrected chi connectivity index (χ4v) is 3.23. The Bertz CT molecular complexity index is 780. The van der Waals surface area contributed by atoms with E-state index in [1.165, 1.54) is 0 Å². The molecule has 0 bridgehead atoms. The second-order valence-electron chi connectivity index (χ2n) is 5.93. The number of amides is 1. The first-order valence-corrected chi connectivity index (χ1v) is 7.74. The number of nitrogens with zero attached hydrogens (tertiary/aromatic N) is 1. The molecule has 24 heavy (non-hydrogen) atoms. The molecule has 0 fully saturated rings. The predicted molar refractivity (Wildman–Crippen MR) is 87.4 cm³/mol. The summed E-state index contributed by atoms with van der Waals surface area (Å²) >= 11 is 0. The van der Waals surface area contributed by atoms with Crippen molar-refractivity contribution in [2.45, 2.75) is 26.5 Å². The lowest BCUT2D eigenvalue weighted by atomic mass is 9.95. The van der Waals surface area contributed by atoms with Crippen LogP contribution in [0.25, 0.3) is 0 Å². The van der Waals surface area contributed by atoms with Crippen molar-refractivity contribution >= 4 is 5.91 Å². The number of aryl methyl sites for hydroxylation is 2. The highest BCUT2D eigenvalue weighted by atomic mass is 16.5. The monoisotopic (exact) mass is 331 g/mol. The molecule has 6 nitrogen and oxygen atoms in total. The van der Waals surface area contributed by atoms with E-state index < -0.39 is 6.10 Å². The largest absolute Gasteiger partial charge is 0.496 e. The SMILES string of the molecule is COc1ccc(OC)c2c1CN(C(=O)c1oc(C)cc1C)C[C@@H]2O. The first-order valence-electron chi connectivity index (χ1n) is 7.74. The van der Waals surface area contributed by atoms with Crippen molar-refractivity contribution in [2.75, 3.05) is 20.8 Å². The van der Waals surface area contributed by atoms with Gasteiger partial charge in [0, 0.05) is 16.7 Å². The molecule has 0 saturated heterocycles. The second-order valence-corrected chi connectivity index (χ2v) is 5.93. The summed E-state index contributed by atoms with van der Waals surface area (Å²) in [7, 11) is 3.12.